The SMILES string of the molecule is CN(Cc1nc2ccccc2s1)C(=O)COC(=O)Cc1ccc(O)cc1. The van der Waals surface area contributed by atoms with Gasteiger partial charge in [0.05, 0.1) is 23.2 Å². The Labute approximate surface area is 154 Å². The van der Waals surface area contributed by atoms with E-state index in [0.29, 0.717) is 12.1 Å². The Kier molecular flexibility index (Phi) is 5.48. The van der Waals surface area contributed by atoms with Crippen molar-refractivity contribution >= 4 is 33.4 Å². The highest BCUT2D eigenvalue weighted by atomic mass is 32.1. The fraction of sp³-hybridized carbons (Fsp3) is 0.211. The van der Waals surface area contributed by atoms with Crippen molar-refractivity contribution < 1.29 is 19.4 Å². The van der Waals surface area contributed by atoms with Crippen molar-refractivity contribution in [3.05, 3.63) is 59.1 Å². The smallest absolute Gasteiger partial charge is 0.310 e. The molecule has 0 atom stereocenters. The lowest BCUT2D eigenvalue weighted by atomic mass is 10.1. The summed E-state index contributed by atoms with van der Waals surface area (Å²) in [6.07, 6.45) is 0.0507. The average molecular weight is 370 g/mol. The standard InChI is InChI=1S/C19H18N2O4S/c1-21(11-17-20-15-4-2-3-5-16(15)26-17)18(23)12-25-19(24)10-13-6-8-14(22)9-7-13/h2-9,22H,10-12H2,1H3. The summed E-state index contributed by atoms with van der Waals surface area (Å²) in [7, 11) is 1.65. The second kappa shape index (κ2) is 7.97. The zero-order chi connectivity index (χ0) is 18.5. The average Bonchev–Trinajstić information content (AvgIpc) is 3.03. The largest absolute Gasteiger partial charge is 0.508 e. The number of esters is 1. The van der Waals surface area contributed by atoms with Gasteiger partial charge < -0.3 is 14.7 Å². The molecule has 3 aromatic rings. The molecule has 0 aliphatic heterocycles. The van der Waals surface area contributed by atoms with Gasteiger partial charge in [0, 0.05) is 7.05 Å². The summed E-state index contributed by atoms with van der Waals surface area (Å²) in [5, 5.41) is 10.1. The lowest BCUT2D eigenvalue weighted by Gasteiger charge is -2.15. The number of fused-ring (bicyclic) bond motifs is 1. The zero-order valence-corrected chi connectivity index (χ0v) is 15.0. The number of ether oxygens (including phenoxy) is 1. The van der Waals surface area contributed by atoms with Gasteiger partial charge in [-0.3, -0.25) is 9.59 Å². The Balaban J connectivity index is 1.49. The molecule has 2 aromatic carbocycles. The van der Waals surface area contributed by atoms with E-state index >= 15 is 0 Å². The Morgan fingerprint density at radius 2 is 1.88 bits per heavy atom. The Bertz CT molecular complexity index is 888. The molecule has 1 aromatic heterocycles. The lowest BCUT2D eigenvalue weighted by molar-refractivity contribution is -0.151. The number of carbonyl (C=O) groups excluding carboxylic acids is 2. The van der Waals surface area contributed by atoms with Crippen molar-refractivity contribution in [3.8, 4) is 5.75 Å². The van der Waals surface area contributed by atoms with E-state index in [-0.39, 0.29) is 24.7 Å². The Morgan fingerprint density at radius 3 is 2.62 bits per heavy atom. The molecule has 0 unspecified atom stereocenters. The molecule has 7 heteroatoms. The molecule has 0 aliphatic rings. The highest BCUT2D eigenvalue weighted by Crippen LogP contribution is 2.22. The van der Waals surface area contributed by atoms with Gasteiger partial charge in [0.25, 0.3) is 5.91 Å². The number of phenolic OH excluding ortho intramolecular Hbond substituents is 1. The van der Waals surface area contributed by atoms with E-state index in [2.05, 4.69) is 4.98 Å². The minimum Gasteiger partial charge on any atom is -0.508 e. The molecule has 3 rings (SSSR count). The summed E-state index contributed by atoms with van der Waals surface area (Å²) in [6.45, 7) is 0.0615. The molecule has 6 nitrogen and oxygen atoms in total. The van der Waals surface area contributed by atoms with E-state index in [4.69, 9.17) is 4.74 Å². The molecule has 134 valence electrons. The van der Waals surface area contributed by atoms with Gasteiger partial charge in [-0.2, -0.15) is 0 Å². The van der Waals surface area contributed by atoms with Crippen molar-refractivity contribution in [2.45, 2.75) is 13.0 Å². The van der Waals surface area contributed by atoms with Gasteiger partial charge in [-0.05, 0) is 29.8 Å². The number of thiazole rings is 1. The molecular weight excluding hydrogens is 352 g/mol. The second-order valence-electron chi connectivity index (χ2n) is 5.83. The number of hydrogen-bond acceptors (Lipinski definition) is 6. The van der Waals surface area contributed by atoms with Crippen molar-refractivity contribution in [1.29, 1.82) is 0 Å². The van der Waals surface area contributed by atoms with Crippen LogP contribution < -0.4 is 0 Å². The van der Waals surface area contributed by atoms with Crippen LogP contribution in [-0.4, -0.2) is 40.5 Å². The zero-order valence-electron chi connectivity index (χ0n) is 14.2. The van der Waals surface area contributed by atoms with Crippen LogP contribution in [0.1, 0.15) is 10.6 Å². The number of likely N-dealkylation sites (N-methyl/N-ethyl adjacent to an activating group) is 1. The number of hydrogen-bond donors (Lipinski definition) is 1. The number of aromatic nitrogens is 1. The lowest BCUT2D eigenvalue weighted by Crippen LogP contribution is -2.31. The fourth-order valence-corrected chi connectivity index (χ4v) is 3.38. The van der Waals surface area contributed by atoms with Crippen LogP contribution in [0.4, 0.5) is 0 Å². The first-order chi connectivity index (χ1) is 12.5. The molecule has 0 spiro atoms. The number of para-hydroxylation sites is 1. The first kappa shape index (κ1) is 17.9. The molecule has 0 saturated heterocycles. The molecule has 1 heterocycles. The van der Waals surface area contributed by atoms with Crippen LogP contribution in [-0.2, 0) is 27.3 Å². The molecule has 0 bridgehead atoms. The van der Waals surface area contributed by atoms with Gasteiger partial charge in [0.2, 0.25) is 0 Å². The van der Waals surface area contributed by atoms with Gasteiger partial charge in [-0.15, -0.1) is 11.3 Å². The van der Waals surface area contributed by atoms with Crippen LogP contribution in [0.25, 0.3) is 10.2 Å². The van der Waals surface area contributed by atoms with Crippen molar-refractivity contribution in [2.75, 3.05) is 13.7 Å². The van der Waals surface area contributed by atoms with E-state index in [1.54, 1.807) is 19.2 Å². The number of phenols is 1. The number of benzene rings is 2. The minimum atomic E-state index is -0.488. The predicted molar refractivity (Wildman–Crippen MR) is 98.9 cm³/mol. The van der Waals surface area contributed by atoms with Crippen LogP contribution in [0.15, 0.2) is 48.5 Å². The maximum atomic E-state index is 12.2. The number of amides is 1. The highest BCUT2D eigenvalue weighted by Gasteiger charge is 2.15. The van der Waals surface area contributed by atoms with Crippen LogP contribution in [0.3, 0.4) is 0 Å². The molecule has 0 aliphatic carbocycles. The third kappa shape index (κ3) is 4.58. The summed E-state index contributed by atoms with van der Waals surface area (Å²) in [5.74, 6) is -0.644. The van der Waals surface area contributed by atoms with Crippen LogP contribution in [0.2, 0.25) is 0 Å². The predicted octanol–water partition coefficient (Wildman–Crippen LogP) is 2.75. The summed E-state index contributed by atoms with van der Waals surface area (Å²) in [5.41, 5.74) is 1.62. The number of carbonyl (C=O) groups is 2. The summed E-state index contributed by atoms with van der Waals surface area (Å²) >= 11 is 1.54. The van der Waals surface area contributed by atoms with Gasteiger partial charge in [-0.1, -0.05) is 24.3 Å². The Hall–Kier alpha value is -2.93. The summed E-state index contributed by atoms with van der Waals surface area (Å²) < 4.78 is 6.12. The van der Waals surface area contributed by atoms with Crippen molar-refractivity contribution in [3.63, 3.8) is 0 Å². The van der Waals surface area contributed by atoms with Gasteiger partial charge in [0.15, 0.2) is 6.61 Å². The van der Waals surface area contributed by atoms with Crippen LogP contribution in [0.5, 0.6) is 5.75 Å². The van der Waals surface area contributed by atoms with E-state index < -0.39 is 5.97 Å². The van der Waals surface area contributed by atoms with Crippen molar-refractivity contribution in [2.24, 2.45) is 0 Å². The quantitative estimate of drug-likeness (QED) is 0.675. The van der Waals surface area contributed by atoms with E-state index in [9.17, 15) is 14.7 Å². The fourth-order valence-electron chi connectivity index (χ4n) is 2.36. The first-order valence-electron chi connectivity index (χ1n) is 8.03. The van der Waals surface area contributed by atoms with Gasteiger partial charge >= 0.3 is 5.97 Å². The van der Waals surface area contributed by atoms with Crippen LogP contribution in [0, 0.1) is 0 Å². The molecule has 1 amide bonds. The Morgan fingerprint density at radius 1 is 1.15 bits per heavy atom. The van der Waals surface area contributed by atoms with Gasteiger partial charge in [-0.25, -0.2) is 4.98 Å². The molecule has 0 radical (unpaired) electrons. The van der Waals surface area contributed by atoms with E-state index in [1.807, 2.05) is 24.3 Å². The first-order valence-corrected chi connectivity index (χ1v) is 8.85. The third-order valence-electron chi connectivity index (χ3n) is 3.78. The molecular formula is C19H18N2O4S. The molecule has 0 saturated carbocycles. The summed E-state index contributed by atoms with van der Waals surface area (Å²) in [4.78, 5) is 30.0. The van der Waals surface area contributed by atoms with Crippen molar-refractivity contribution in [1.82, 2.24) is 9.88 Å². The highest BCUT2D eigenvalue weighted by molar-refractivity contribution is 7.18. The second-order valence-corrected chi connectivity index (χ2v) is 6.94. The summed E-state index contributed by atoms with van der Waals surface area (Å²) in [6, 6.07) is 14.1. The number of nitrogens with zero attached hydrogens (tertiary/aromatic N) is 2. The topological polar surface area (TPSA) is 79.7 Å². The number of rotatable bonds is 6. The van der Waals surface area contributed by atoms with Gasteiger partial charge in [0.1, 0.15) is 10.8 Å². The maximum Gasteiger partial charge on any atom is 0.310 e. The number of aromatic hydroxyl groups is 1. The van der Waals surface area contributed by atoms with Crippen LogP contribution >= 0.6 is 11.3 Å². The monoisotopic (exact) mass is 370 g/mol. The molecule has 1 N–H and O–H groups in total. The maximum absolute atomic E-state index is 12.2. The van der Waals surface area contributed by atoms with E-state index in [0.717, 1.165) is 15.2 Å². The third-order valence-corrected chi connectivity index (χ3v) is 4.80. The normalized spacial score (nSPS) is 10.7. The minimum absolute atomic E-state index is 0.0507. The van der Waals surface area contributed by atoms with E-state index in [1.165, 1.54) is 28.4 Å². The molecule has 0 fully saturated rings. The molecule has 26 heavy (non-hydrogen) atoms.